The number of hydrogen-bond donors (Lipinski definition) is 0. The Morgan fingerprint density at radius 1 is 0.714 bits per heavy atom. The van der Waals surface area contributed by atoms with Crippen molar-refractivity contribution in [2.75, 3.05) is 77.5 Å². The van der Waals surface area contributed by atoms with Crippen LogP contribution in [0, 0.1) is 0 Å². The smallest absolute Gasteiger partial charge is 0.331 e. The fraction of sp³-hybridized carbons (Fsp3) is 0.750. The van der Waals surface area contributed by atoms with Gasteiger partial charge >= 0.3 is 11.9 Å². The Morgan fingerprint density at radius 2 is 1.04 bits per heavy atom. The van der Waals surface area contributed by atoms with Crippen LogP contribution in [0.4, 0.5) is 0 Å². The van der Waals surface area contributed by atoms with E-state index in [1.54, 1.807) is 23.9 Å². The second-order valence-electron chi connectivity index (χ2n) is 6.53. The van der Waals surface area contributed by atoms with Gasteiger partial charge in [0.2, 0.25) is 0 Å². The van der Waals surface area contributed by atoms with Gasteiger partial charge in [0.15, 0.2) is 0 Å². The van der Waals surface area contributed by atoms with E-state index >= 15 is 0 Å². The van der Waals surface area contributed by atoms with E-state index in [2.05, 4.69) is 0 Å². The Labute approximate surface area is 167 Å². The molecule has 12 heteroatoms. The molecule has 0 amide bonds. The zero-order valence-electron chi connectivity index (χ0n) is 16.8. The first kappa shape index (κ1) is 26.5. The van der Waals surface area contributed by atoms with E-state index < -0.39 is 31.6 Å². The predicted octanol–water partition coefficient (Wildman–Crippen LogP) is -1.42. The molecule has 0 bridgehead atoms. The van der Waals surface area contributed by atoms with Crippen molar-refractivity contribution < 1.29 is 35.9 Å². The van der Waals surface area contributed by atoms with Crippen molar-refractivity contribution in [2.24, 2.45) is 0 Å². The highest BCUT2D eigenvalue weighted by molar-refractivity contribution is 7.90. The maximum absolute atomic E-state index is 11.5. The number of likely N-dealkylation sites (N-methyl/N-ethyl adjacent to an activating group) is 2. The van der Waals surface area contributed by atoms with Gasteiger partial charge in [0, 0.05) is 50.8 Å². The summed E-state index contributed by atoms with van der Waals surface area (Å²) in [6.07, 6.45) is 4.20. The zero-order chi connectivity index (χ0) is 21.8. The quantitative estimate of drug-likeness (QED) is 0.234. The second kappa shape index (κ2) is 12.9. The van der Waals surface area contributed by atoms with Crippen molar-refractivity contribution in [3.63, 3.8) is 0 Å². The van der Waals surface area contributed by atoms with Gasteiger partial charge in [-0.25, -0.2) is 26.4 Å². The number of carbonyl (C=O) groups excluding carboxylic acids is 2. The van der Waals surface area contributed by atoms with Gasteiger partial charge in [0.25, 0.3) is 0 Å². The molecular weight excluding hydrogens is 412 g/mol. The van der Waals surface area contributed by atoms with Gasteiger partial charge in [-0.3, -0.25) is 0 Å². The van der Waals surface area contributed by atoms with Crippen LogP contribution in [-0.2, 0) is 38.7 Å². The standard InChI is InChI=1S/C16H30N2O8S2/c1-17(9-13-27(3,21)22)7-11-25-15(19)5-6-16(20)26-12-8-18(2)10-14-28(4,23)24/h5-6H,7-14H2,1-4H3/b6-5+. The molecule has 28 heavy (non-hydrogen) atoms. The van der Waals surface area contributed by atoms with Gasteiger partial charge < -0.3 is 19.3 Å². The molecule has 0 saturated heterocycles. The molecule has 0 atom stereocenters. The summed E-state index contributed by atoms with van der Waals surface area (Å²) in [5, 5.41) is 0. The minimum absolute atomic E-state index is 0.0205. The third-order valence-corrected chi connectivity index (χ3v) is 5.33. The molecule has 0 heterocycles. The topological polar surface area (TPSA) is 127 Å². The van der Waals surface area contributed by atoms with E-state index in [9.17, 15) is 26.4 Å². The van der Waals surface area contributed by atoms with Crippen LogP contribution in [0.3, 0.4) is 0 Å². The summed E-state index contributed by atoms with van der Waals surface area (Å²) < 4.78 is 54.1. The van der Waals surface area contributed by atoms with Crippen LogP contribution in [0.2, 0.25) is 0 Å². The maximum atomic E-state index is 11.5. The third-order valence-electron chi connectivity index (χ3n) is 3.48. The molecule has 10 nitrogen and oxygen atoms in total. The SMILES string of the molecule is CN(CCOC(=O)/C=C/C(=O)OCCN(C)CCS(C)(=O)=O)CCS(C)(=O)=O. The molecule has 0 aromatic heterocycles. The number of nitrogens with zero attached hydrogens (tertiary/aromatic N) is 2. The van der Waals surface area contributed by atoms with Gasteiger partial charge in [-0.2, -0.15) is 0 Å². The number of sulfone groups is 2. The molecule has 0 saturated carbocycles. The van der Waals surface area contributed by atoms with Gasteiger partial charge in [-0.15, -0.1) is 0 Å². The number of rotatable bonds is 14. The first-order chi connectivity index (χ1) is 12.8. The Bertz CT molecular complexity index is 670. The van der Waals surface area contributed by atoms with E-state index in [-0.39, 0.29) is 24.7 Å². The van der Waals surface area contributed by atoms with Crippen LogP contribution in [0.25, 0.3) is 0 Å². The first-order valence-corrected chi connectivity index (χ1v) is 12.6. The summed E-state index contributed by atoms with van der Waals surface area (Å²) in [6.45, 7) is 1.50. The summed E-state index contributed by atoms with van der Waals surface area (Å²) in [7, 11) is -2.67. The van der Waals surface area contributed by atoms with Gasteiger partial charge in [-0.1, -0.05) is 0 Å². The van der Waals surface area contributed by atoms with E-state index in [1.807, 2.05) is 0 Å². The highest BCUT2D eigenvalue weighted by Crippen LogP contribution is 1.92. The average Bonchev–Trinajstić information content (AvgIpc) is 2.55. The largest absolute Gasteiger partial charge is 0.461 e. The summed E-state index contributed by atoms with van der Waals surface area (Å²) >= 11 is 0. The lowest BCUT2D eigenvalue weighted by atomic mass is 10.5. The zero-order valence-corrected chi connectivity index (χ0v) is 18.4. The normalized spacial score (nSPS) is 12.6. The number of esters is 2. The van der Waals surface area contributed by atoms with Crippen molar-refractivity contribution in [3.05, 3.63) is 12.2 Å². The highest BCUT2D eigenvalue weighted by Gasteiger charge is 2.08. The van der Waals surface area contributed by atoms with Crippen molar-refractivity contribution in [2.45, 2.75) is 0 Å². The lowest BCUT2D eigenvalue weighted by Crippen LogP contribution is -2.29. The van der Waals surface area contributed by atoms with Crippen molar-refractivity contribution in [3.8, 4) is 0 Å². The fourth-order valence-corrected chi connectivity index (χ4v) is 2.99. The molecule has 0 aliphatic heterocycles. The molecule has 0 aromatic carbocycles. The Morgan fingerprint density at radius 3 is 1.32 bits per heavy atom. The van der Waals surface area contributed by atoms with E-state index in [4.69, 9.17) is 9.47 Å². The van der Waals surface area contributed by atoms with Crippen LogP contribution in [0.15, 0.2) is 12.2 Å². The molecule has 0 fully saturated rings. The molecular formula is C16H30N2O8S2. The van der Waals surface area contributed by atoms with Crippen LogP contribution in [0.5, 0.6) is 0 Å². The molecule has 0 aliphatic carbocycles. The number of hydrogen-bond acceptors (Lipinski definition) is 10. The molecule has 164 valence electrons. The van der Waals surface area contributed by atoms with Crippen LogP contribution in [-0.4, -0.2) is 116 Å². The summed E-state index contributed by atoms with van der Waals surface area (Å²) in [5.41, 5.74) is 0. The molecule has 0 spiro atoms. The van der Waals surface area contributed by atoms with E-state index in [1.165, 1.54) is 0 Å². The molecule has 0 rings (SSSR count). The summed E-state index contributed by atoms with van der Waals surface area (Å²) in [6, 6.07) is 0. The number of carbonyl (C=O) groups is 2. The Kier molecular flexibility index (Phi) is 12.2. The summed E-state index contributed by atoms with van der Waals surface area (Å²) in [5.74, 6) is -1.38. The predicted molar refractivity (Wildman–Crippen MR) is 105 cm³/mol. The molecule has 0 aliphatic rings. The highest BCUT2D eigenvalue weighted by atomic mass is 32.2. The first-order valence-electron chi connectivity index (χ1n) is 8.52. The Hall–Kier alpha value is -1.50. The van der Waals surface area contributed by atoms with Crippen molar-refractivity contribution >= 4 is 31.6 Å². The Balaban J connectivity index is 3.94. The second-order valence-corrected chi connectivity index (χ2v) is 11.1. The van der Waals surface area contributed by atoms with Crippen molar-refractivity contribution in [1.82, 2.24) is 9.80 Å². The average molecular weight is 443 g/mol. The van der Waals surface area contributed by atoms with Gasteiger partial charge in [0.1, 0.15) is 32.9 Å². The molecule has 0 N–H and O–H groups in total. The fourth-order valence-electron chi connectivity index (χ4n) is 1.70. The minimum atomic E-state index is -3.04. The van der Waals surface area contributed by atoms with E-state index in [0.29, 0.717) is 26.2 Å². The van der Waals surface area contributed by atoms with E-state index in [0.717, 1.165) is 24.7 Å². The lowest BCUT2D eigenvalue weighted by molar-refractivity contribution is -0.140. The van der Waals surface area contributed by atoms with Gasteiger partial charge in [-0.05, 0) is 14.1 Å². The number of ether oxygens (including phenoxy) is 2. The molecule has 0 radical (unpaired) electrons. The van der Waals surface area contributed by atoms with Crippen LogP contribution < -0.4 is 0 Å². The van der Waals surface area contributed by atoms with Crippen molar-refractivity contribution in [1.29, 1.82) is 0 Å². The maximum Gasteiger partial charge on any atom is 0.331 e. The monoisotopic (exact) mass is 442 g/mol. The third kappa shape index (κ3) is 17.9. The van der Waals surface area contributed by atoms with Crippen LogP contribution >= 0.6 is 0 Å². The minimum Gasteiger partial charge on any atom is -0.461 e. The van der Waals surface area contributed by atoms with Crippen LogP contribution in [0.1, 0.15) is 0 Å². The molecule has 0 aromatic rings. The van der Waals surface area contributed by atoms with Gasteiger partial charge in [0.05, 0.1) is 11.5 Å². The molecule has 0 unspecified atom stereocenters. The summed E-state index contributed by atoms with van der Waals surface area (Å²) in [4.78, 5) is 26.5. The lowest BCUT2D eigenvalue weighted by Gasteiger charge is -2.15.